The molecular weight excluding hydrogens is 400 g/mol. The summed E-state index contributed by atoms with van der Waals surface area (Å²) in [5.41, 5.74) is 2.09. The standard InChI is InChI=1S/C28H40O4/c1-25(2,3)15-13-16(26(4,5)6)22-17(14-15)31-23-18(27(7,8)9)20(29)21(30)19(24(23)32-22)28(10,11)12/h13-14,29-30H,1-12H3. The Morgan fingerprint density at radius 2 is 0.969 bits per heavy atom. The van der Waals surface area contributed by atoms with Gasteiger partial charge in [0.1, 0.15) is 0 Å². The van der Waals surface area contributed by atoms with Gasteiger partial charge in [-0.25, -0.2) is 0 Å². The number of hydrogen-bond acceptors (Lipinski definition) is 4. The van der Waals surface area contributed by atoms with Crippen LogP contribution in [0.4, 0.5) is 0 Å². The number of aromatic hydroxyl groups is 2. The second kappa shape index (κ2) is 7.07. The number of hydrogen-bond donors (Lipinski definition) is 2. The summed E-state index contributed by atoms with van der Waals surface area (Å²) in [5.74, 6) is 2.00. The number of ether oxygens (including phenoxy) is 2. The molecule has 1 aliphatic rings. The third-order valence-electron chi connectivity index (χ3n) is 6.00. The Morgan fingerprint density at radius 3 is 1.34 bits per heavy atom. The fraction of sp³-hybridized carbons (Fsp3) is 0.571. The number of phenolic OH excluding ortho intramolecular Hbond substituents is 2. The predicted octanol–water partition coefficient (Wildman–Crippen LogP) is 8.19. The molecule has 0 atom stereocenters. The molecule has 3 rings (SSSR count). The molecule has 2 aromatic rings. The molecule has 4 nitrogen and oxygen atoms in total. The third kappa shape index (κ3) is 4.04. The average molecular weight is 441 g/mol. The minimum atomic E-state index is -0.476. The largest absolute Gasteiger partial charge is 0.504 e. The number of benzene rings is 2. The van der Waals surface area contributed by atoms with Crippen molar-refractivity contribution in [1.29, 1.82) is 0 Å². The van der Waals surface area contributed by atoms with Crippen LogP contribution in [-0.2, 0) is 21.7 Å². The Bertz CT molecular complexity index is 1070. The molecule has 0 unspecified atom stereocenters. The van der Waals surface area contributed by atoms with Crippen molar-refractivity contribution in [2.45, 2.75) is 105 Å². The smallest absolute Gasteiger partial charge is 0.178 e. The number of rotatable bonds is 0. The molecule has 0 aliphatic carbocycles. The molecule has 0 radical (unpaired) electrons. The molecule has 0 saturated carbocycles. The molecular formula is C28H40O4. The zero-order valence-corrected chi connectivity index (χ0v) is 21.9. The van der Waals surface area contributed by atoms with Crippen LogP contribution in [0.25, 0.3) is 0 Å². The van der Waals surface area contributed by atoms with Gasteiger partial charge < -0.3 is 19.7 Å². The summed E-state index contributed by atoms with van der Waals surface area (Å²) < 4.78 is 13.2. The van der Waals surface area contributed by atoms with Gasteiger partial charge in [-0.15, -0.1) is 0 Å². The summed E-state index contributed by atoms with van der Waals surface area (Å²) in [4.78, 5) is 0. The lowest BCUT2D eigenvalue weighted by molar-refractivity contribution is 0.310. The highest BCUT2D eigenvalue weighted by Crippen LogP contribution is 2.61. The summed E-state index contributed by atoms with van der Waals surface area (Å²) in [6.07, 6.45) is 0. The maximum Gasteiger partial charge on any atom is 0.178 e. The van der Waals surface area contributed by atoms with E-state index in [0.717, 1.165) is 11.1 Å². The van der Waals surface area contributed by atoms with Crippen LogP contribution in [0, 0.1) is 0 Å². The Labute approximate surface area is 193 Å². The maximum absolute atomic E-state index is 11.1. The summed E-state index contributed by atoms with van der Waals surface area (Å²) in [7, 11) is 0. The van der Waals surface area contributed by atoms with Crippen LogP contribution >= 0.6 is 0 Å². The molecule has 0 saturated heterocycles. The predicted molar refractivity (Wildman–Crippen MR) is 131 cm³/mol. The number of fused-ring (bicyclic) bond motifs is 2. The van der Waals surface area contributed by atoms with E-state index in [9.17, 15) is 10.2 Å². The van der Waals surface area contributed by atoms with Gasteiger partial charge in [0, 0.05) is 16.7 Å². The van der Waals surface area contributed by atoms with Gasteiger partial charge in [-0.2, -0.15) is 0 Å². The molecule has 0 aromatic heterocycles. The summed E-state index contributed by atoms with van der Waals surface area (Å²) in [5, 5.41) is 22.1. The van der Waals surface area contributed by atoms with E-state index in [1.54, 1.807) is 0 Å². The maximum atomic E-state index is 11.1. The minimum Gasteiger partial charge on any atom is -0.504 e. The van der Waals surface area contributed by atoms with Crippen molar-refractivity contribution in [1.82, 2.24) is 0 Å². The van der Waals surface area contributed by atoms with E-state index < -0.39 is 10.8 Å². The van der Waals surface area contributed by atoms with E-state index in [0.29, 0.717) is 34.1 Å². The van der Waals surface area contributed by atoms with Crippen molar-refractivity contribution in [3.8, 4) is 34.5 Å². The molecule has 0 bridgehead atoms. The summed E-state index contributed by atoms with van der Waals surface area (Å²) >= 11 is 0. The van der Waals surface area contributed by atoms with E-state index in [-0.39, 0.29) is 22.3 Å². The molecule has 0 spiro atoms. The molecule has 2 N–H and O–H groups in total. The molecule has 4 heteroatoms. The van der Waals surface area contributed by atoms with E-state index in [4.69, 9.17) is 9.47 Å². The van der Waals surface area contributed by atoms with Crippen LogP contribution in [0.1, 0.15) is 105 Å². The van der Waals surface area contributed by atoms with Crippen molar-refractivity contribution < 1.29 is 19.7 Å². The zero-order valence-electron chi connectivity index (χ0n) is 21.9. The lowest BCUT2D eigenvalue weighted by atomic mass is 9.78. The molecule has 0 fully saturated rings. The highest BCUT2D eigenvalue weighted by Gasteiger charge is 2.40. The SMILES string of the molecule is CC(C)(C)c1cc2c(c(C(C)(C)C)c1)Oc1c(c(C(C)(C)C)c(O)c(O)c1C(C)(C)C)O2. The fourth-order valence-corrected chi connectivity index (χ4v) is 4.25. The highest BCUT2D eigenvalue weighted by molar-refractivity contribution is 5.73. The van der Waals surface area contributed by atoms with Gasteiger partial charge in [0.2, 0.25) is 0 Å². The summed E-state index contributed by atoms with van der Waals surface area (Å²) in [6, 6.07) is 4.25. The van der Waals surface area contributed by atoms with E-state index in [1.807, 2.05) is 47.6 Å². The normalized spacial score (nSPS) is 14.4. The van der Waals surface area contributed by atoms with Gasteiger partial charge in [0.05, 0.1) is 0 Å². The van der Waals surface area contributed by atoms with Crippen LogP contribution in [0.3, 0.4) is 0 Å². The van der Waals surface area contributed by atoms with Crippen molar-refractivity contribution in [2.75, 3.05) is 0 Å². The lowest BCUT2D eigenvalue weighted by Crippen LogP contribution is -2.22. The van der Waals surface area contributed by atoms with Crippen molar-refractivity contribution >= 4 is 0 Å². The van der Waals surface area contributed by atoms with Gasteiger partial charge in [-0.3, -0.25) is 0 Å². The first-order valence-corrected chi connectivity index (χ1v) is 11.4. The Morgan fingerprint density at radius 1 is 0.531 bits per heavy atom. The van der Waals surface area contributed by atoms with E-state index >= 15 is 0 Å². The second-order valence-electron chi connectivity index (χ2n) is 13.2. The van der Waals surface area contributed by atoms with Crippen LogP contribution in [0.15, 0.2) is 12.1 Å². The summed E-state index contributed by atoms with van der Waals surface area (Å²) in [6.45, 7) is 25.0. The van der Waals surface area contributed by atoms with Crippen LogP contribution in [0.2, 0.25) is 0 Å². The molecule has 1 aliphatic heterocycles. The van der Waals surface area contributed by atoms with Crippen molar-refractivity contribution in [3.05, 3.63) is 34.4 Å². The van der Waals surface area contributed by atoms with Crippen molar-refractivity contribution in [2.24, 2.45) is 0 Å². The van der Waals surface area contributed by atoms with Crippen molar-refractivity contribution in [3.63, 3.8) is 0 Å². The molecule has 0 amide bonds. The fourth-order valence-electron chi connectivity index (χ4n) is 4.25. The second-order valence-corrected chi connectivity index (χ2v) is 13.2. The minimum absolute atomic E-state index is 0.0702. The Hall–Kier alpha value is -2.36. The average Bonchev–Trinajstić information content (AvgIpc) is 2.56. The quantitative estimate of drug-likeness (QED) is 0.346. The van der Waals surface area contributed by atoms with Crippen LogP contribution in [0.5, 0.6) is 34.5 Å². The molecule has 176 valence electrons. The molecule has 2 aromatic carbocycles. The Kier molecular flexibility index (Phi) is 5.36. The van der Waals surface area contributed by atoms with Crippen LogP contribution < -0.4 is 9.47 Å². The molecule has 1 heterocycles. The first-order valence-electron chi connectivity index (χ1n) is 11.4. The van der Waals surface area contributed by atoms with Gasteiger partial charge in [0.15, 0.2) is 34.5 Å². The Balaban J connectivity index is 2.44. The highest BCUT2D eigenvalue weighted by atomic mass is 16.6. The molecule has 32 heavy (non-hydrogen) atoms. The van der Waals surface area contributed by atoms with E-state index in [2.05, 4.69) is 47.6 Å². The number of phenols is 2. The monoisotopic (exact) mass is 440 g/mol. The third-order valence-corrected chi connectivity index (χ3v) is 6.00. The zero-order chi connectivity index (χ0) is 24.6. The lowest BCUT2D eigenvalue weighted by Gasteiger charge is -2.36. The van der Waals surface area contributed by atoms with Gasteiger partial charge in [-0.1, -0.05) is 89.2 Å². The van der Waals surface area contributed by atoms with Crippen LogP contribution in [-0.4, -0.2) is 10.2 Å². The topological polar surface area (TPSA) is 58.9 Å². The van der Waals surface area contributed by atoms with E-state index in [1.165, 1.54) is 0 Å². The first-order chi connectivity index (χ1) is 14.2. The van der Waals surface area contributed by atoms with Gasteiger partial charge in [0.25, 0.3) is 0 Å². The van der Waals surface area contributed by atoms with Gasteiger partial charge in [-0.05, 0) is 33.3 Å². The van der Waals surface area contributed by atoms with Gasteiger partial charge >= 0.3 is 0 Å². The first kappa shape index (κ1) is 24.3.